The molecule has 0 spiro atoms. The van der Waals surface area contributed by atoms with Gasteiger partial charge in [-0.15, -0.1) is 0 Å². The van der Waals surface area contributed by atoms with Gasteiger partial charge in [-0.1, -0.05) is 121 Å². The molecular weight excluding hydrogens is 1240 g/mol. The molecule has 8 aromatic rings. The minimum atomic E-state index is -0.427. The number of hydrogen-bond acceptors (Lipinski definition) is 10. The van der Waals surface area contributed by atoms with Crippen LogP contribution in [0.1, 0.15) is 22.3 Å². The van der Waals surface area contributed by atoms with Crippen LogP contribution in [0.25, 0.3) is 22.3 Å². The van der Waals surface area contributed by atoms with Crippen LogP contribution in [0.15, 0.2) is 219 Å². The quantitative estimate of drug-likeness (QED) is 0.0568. The molecular formula is C48H48Ge4N4S10. The number of nitrogens with zero attached hydrogens (tertiary/aromatic N) is 4. The molecule has 4 aliphatic rings. The third-order valence-corrected chi connectivity index (χ3v) is 252. The fraction of sp³-hybridized carbons (Fsp3) is 0.0833. The second-order valence-corrected chi connectivity index (χ2v) is 109. The summed E-state index contributed by atoms with van der Waals surface area (Å²) >= 11 is 0. The number of rotatable bonds is 10. The van der Waals surface area contributed by atoms with Crippen LogP contribution >= 0.6 is 50.5 Å². The molecule has 8 heterocycles. The fourth-order valence-corrected chi connectivity index (χ4v) is 619. The molecule has 4 bridgehead atoms. The molecule has 336 valence electrons. The van der Waals surface area contributed by atoms with Crippen LogP contribution in [0.5, 0.6) is 0 Å². The van der Waals surface area contributed by atoms with E-state index in [2.05, 4.69) is 288 Å². The van der Waals surface area contributed by atoms with E-state index in [1.807, 2.05) is 0 Å². The number of benzene rings is 4. The van der Waals surface area contributed by atoms with Crippen LogP contribution in [0.2, 0.25) is 0 Å². The van der Waals surface area contributed by atoms with E-state index in [0.29, 0.717) is 0 Å². The third kappa shape index (κ3) is 17.2. The number of thiol groups is 4. The van der Waals surface area contributed by atoms with Crippen molar-refractivity contribution in [2.45, 2.75) is 26.2 Å². The van der Waals surface area contributed by atoms with Crippen LogP contribution in [0, 0.1) is 0 Å². The van der Waals surface area contributed by atoms with Crippen LogP contribution in [-0.2, 0) is 80.2 Å². The molecule has 4 nitrogen and oxygen atoms in total. The first-order valence-corrected chi connectivity index (χ1v) is 56.0. The van der Waals surface area contributed by atoms with E-state index >= 15 is 0 Å². The van der Waals surface area contributed by atoms with E-state index in [4.69, 9.17) is 0 Å². The van der Waals surface area contributed by atoms with E-state index in [-0.39, 0.29) is 54.0 Å². The summed E-state index contributed by atoms with van der Waals surface area (Å²) in [5.41, 5.74) is 10.2. The molecule has 4 aromatic carbocycles. The van der Waals surface area contributed by atoms with Crippen LogP contribution in [-0.4, -0.2) is 43.7 Å². The van der Waals surface area contributed by atoms with Crippen molar-refractivity contribution in [2.24, 2.45) is 0 Å². The minimum Gasteiger partial charge on any atom is -0.201 e. The van der Waals surface area contributed by atoms with E-state index in [0.717, 1.165) is 26.2 Å². The van der Waals surface area contributed by atoms with Gasteiger partial charge in [0.25, 0.3) is 0 Å². The minimum absolute atomic E-state index is 0. The van der Waals surface area contributed by atoms with Crippen LogP contribution in [0.3, 0.4) is 0 Å². The summed E-state index contributed by atoms with van der Waals surface area (Å²) in [6, 6.07) is 59.6. The van der Waals surface area contributed by atoms with E-state index in [9.17, 15) is 0 Å². The molecule has 4 fully saturated rings. The van der Waals surface area contributed by atoms with E-state index in [1.54, 1.807) is 0 Å². The first-order valence-electron chi connectivity index (χ1n) is 20.3. The summed E-state index contributed by atoms with van der Waals surface area (Å²) in [6.45, 7) is 3.58. The van der Waals surface area contributed by atoms with Gasteiger partial charge in [0.2, 0.25) is 0 Å². The second kappa shape index (κ2) is 29.5. The Hall–Kier alpha value is -0.849. The zero-order valence-electron chi connectivity index (χ0n) is 35.6. The molecule has 4 aromatic heterocycles. The molecule has 0 aliphatic carbocycles. The van der Waals surface area contributed by atoms with Crippen molar-refractivity contribution in [1.82, 2.24) is 0 Å². The molecule has 0 amide bonds. The Bertz CT molecular complexity index is 2210. The molecule has 4 saturated heterocycles. The van der Waals surface area contributed by atoms with Gasteiger partial charge in [-0.25, -0.2) is 18.3 Å². The van der Waals surface area contributed by atoms with Crippen molar-refractivity contribution in [3.05, 3.63) is 242 Å². The summed E-state index contributed by atoms with van der Waals surface area (Å²) in [5, 5.41) is 0. The molecule has 0 unspecified atom stereocenters. The SMILES string of the molecule is [SH-].[SH-].[SH-].[SH-].[S]1[Ge]2[S][Ge]3[S][Ge]1[S][Ge]([S]2)[S]3.c1ccc(C[n+]2ccc(-c3cc[n+](Cc4ccccc4)cc3)cc2)cc1.c1ccc(C[n+]2ccc(-c3cc[n+](Cc4ccccc4)cc3)cc2)cc1. The normalized spacial score (nSPS) is 13.8. The van der Waals surface area contributed by atoms with Gasteiger partial charge in [0.05, 0.1) is 0 Å². The Balaban J connectivity index is 0.000000194. The number of pyridine rings is 4. The van der Waals surface area contributed by atoms with Gasteiger partial charge in [-0.05, 0) is 22.3 Å². The summed E-state index contributed by atoms with van der Waals surface area (Å²) < 4.78 is 8.82. The average Bonchev–Trinajstić information content (AvgIpc) is 3.32. The van der Waals surface area contributed by atoms with Gasteiger partial charge < -0.3 is 54.0 Å². The van der Waals surface area contributed by atoms with Crippen molar-refractivity contribution in [3.8, 4) is 22.3 Å². The summed E-state index contributed by atoms with van der Waals surface area (Å²) in [6.07, 6.45) is 17.2. The van der Waals surface area contributed by atoms with E-state index in [1.165, 1.54) is 44.5 Å². The Labute approximate surface area is 450 Å². The van der Waals surface area contributed by atoms with Crippen molar-refractivity contribution in [2.75, 3.05) is 0 Å². The zero-order valence-corrected chi connectivity index (χ0v) is 52.5. The Morgan fingerprint density at radius 3 is 0.576 bits per heavy atom. The smallest absolute Gasteiger partial charge is 0.173 e. The summed E-state index contributed by atoms with van der Waals surface area (Å²) in [7, 11) is 13.7. The summed E-state index contributed by atoms with van der Waals surface area (Å²) in [4.78, 5) is 0. The topological polar surface area (TPSA) is 15.5 Å². The van der Waals surface area contributed by atoms with Gasteiger partial charge in [-0.3, -0.25) is 0 Å². The van der Waals surface area contributed by atoms with E-state index < -0.39 is 43.7 Å². The maximum Gasteiger partial charge on any atom is 0.173 e. The molecule has 4 aliphatic heterocycles. The maximum absolute atomic E-state index is 2.56. The van der Waals surface area contributed by atoms with Gasteiger partial charge in [0.15, 0.2) is 75.8 Å². The third-order valence-electron chi connectivity index (χ3n) is 10.1. The van der Waals surface area contributed by atoms with Crippen molar-refractivity contribution >= 4 is 148 Å². The predicted octanol–water partition coefficient (Wildman–Crippen LogP) is 9.34. The van der Waals surface area contributed by atoms with Crippen LogP contribution < -0.4 is 18.3 Å². The zero-order chi connectivity index (χ0) is 41.8. The Kier molecular flexibility index (Phi) is 25.0. The van der Waals surface area contributed by atoms with Crippen molar-refractivity contribution < 1.29 is 18.3 Å². The fourth-order valence-electron chi connectivity index (χ4n) is 6.86. The van der Waals surface area contributed by atoms with Crippen molar-refractivity contribution in [1.29, 1.82) is 0 Å². The van der Waals surface area contributed by atoms with Gasteiger partial charge in [-0.2, -0.15) is 0 Å². The molecule has 0 saturated carbocycles. The largest absolute Gasteiger partial charge is 0.201 e. The summed E-state index contributed by atoms with van der Waals surface area (Å²) in [5.74, 6) is 0. The van der Waals surface area contributed by atoms with Gasteiger partial charge >= 0.3 is 94.2 Å². The standard InChI is InChI=1S/2C24H22N2.Ge4S6.4H2S/c2*1-3-7-21(8-4-1)19-25-15-11-23(12-16-25)24-13-17-26(18-14-24)20-22-9-5-2-6-10-22;5-1-6-3-8-2(5)9-4(7-1)10-3;;;;/h2*1-18H,19-20H2;;4*1H2/q2*+2;;;;;/p-4. The van der Waals surface area contributed by atoms with Crippen LogP contribution in [0.4, 0.5) is 0 Å². The number of aromatic nitrogens is 4. The Morgan fingerprint density at radius 1 is 0.242 bits per heavy atom. The molecule has 18 heteroatoms. The number of hydrogen-bond donors (Lipinski definition) is 0. The van der Waals surface area contributed by atoms with Gasteiger partial charge in [0, 0.05) is 70.8 Å². The van der Waals surface area contributed by atoms with Crippen molar-refractivity contribution in [3.63, 3.8) is 0 Å². The molecule has 12 rings (SSSR count). The molecule has 66 heavy (non-hydrogen) atoms. The molecule has 0 atom stereocenters. The second-order valence-electron chi connectivity index (χ2n) is 14.6. The average molecular weight is 1290 g/mol. The molecule has 4 radical (unpaired) electrons. The first kappa shape index (κ1) is 56.1. The Morgan fingerprint density at radius 2 is 0.409 bits per heavy atom. The molecule has 0 N–H and O–H groups in total. The first-order chi connectivity index (χ1) is 30.6. The maximum atomic E-state index is 2.56. The monoisotopic (exact) mass is 1300 g/mol. The predicted molar refractivity (Wildman–Crippen MR) is 310 cm³/mol. The van der Waals surface area contributed by atoms with Gasteiger partial charge in [0.1, 0.15) is 0 Å².